The lowest BCUT2D eigenvalue weighted by Crippen LogP contribution is -2.17. The Kier molecular flexibility index (Phi) is 4.33. The maximum Gasteiger partial charge on any atom is 0.337 e. The van der Waals surface area contributed by atoms with Gasteiger partial charge in [-0.25, -0.2) is 9.18 Å². The van der Waals surface area contributed by atoms with Crippen LogP contribution in [0.2, 0.25) is 0 Å². The van der Waals surface area contributed by atoms with Gasteiger partial charge in [-0.2, -0.15) is 0 Å². The molecule has 1 amide bonds. The minimum Gasteiger partial charge on any atom is -0.478 e. The first-order chi connectivity index (χ1) is 9.97. The lowest BCUT2D eigenvalue weighted by atomic mass is 10.1. The number of aryl methyl sites for hydroxylation is 1. The summed E-state index contributed by atoms with van der Waals surface area (Å²) in [6, 6.07) is 10.7. The van der Waals surface area contributed by atoms with E-state index in [2.05, 4.69) is 5.32 Å². The van der Waals surface area contributed by atoms with Crippen molar-refractivity contribution in [3.63, 3.8) is 0 Å². The molecule has 0 aliphatic heterocycles. The zero-order chi connectivity index (χ0) is 15.4. The van der Waals surface area contributed by atoms with Gasteiger partial charge < -0.3 is 10.4 Å². The van der Waals surface area contributed by atoms with E-state index in [9.17, 15) is 14.0 Å². The maximum absolute atomic E-state index is 13.1. The Morgan fingerprint density at radius 3 is 2.57 bits per heavy atom. The number of aromatic carboxylic acids is 1. The van der Waals surface area contributed by atoms with Crippen LogP contribution in [-0.4, -0.2) is 17.0 Å². The second-order valence-electron chi connectivity index (χ2n) is 4.65. The highest BCUT2D eigenvalue weighted by molar-refractivity contribution is 6.01. The molecule has 4 nitrogen and oxygen atoms in total. The smallest absolute Gasteiger partial charge is 0.337 e. The standard InChI is InChI=1S/C16H14FNO3/c1-10-4-2-3-5-11(10)8-15(19)18-14-7-6-12(17)9-13(14)16(20)21/h2-7,9H,8H2,1H3,(H,18,19)(H,20,21). The summed E-state index contributed by atoms with van der Waals surface area (Å²) >= 11 is 0. The van der Waals surface area contributed by atoms with E-state index in [0.717, 1.165) is 23.3 Å². The number of carboxylic acids is 1. The number of amides is 1. The van der Waals surface area contributed by atoms with Crippen LogP contribution >= 0.6 is 0 Å². The monoisotopic (exact) mass is 287 g/mol. The molecule has 0 spiro atoms. The van der Waals surface area contributed by atoms with Gasteiger partial charge >= 0.3 is 5.97 Å². The summed E-state index contributed by atoms with van der Waals surface area (Å²) in [6.07, 6.45) is 0.128. The predicted molar refractivity (Wildman–Crippen MR) is 76.9 cm³/mol. The molecule has 0 saturated heterocycles. The summed E-state index contributed by atoms with van der Waals surface area (Å²) in [4.78, 5) is 23.0. The Morgan fingerprint density at radius 2 is 1.90 bits per heavy atom. The highest BCUT2D eigenvalue weighted by Crippen LogP contribution is 2.18. The van der Waals surface area contributed by atoms with Crippen LogP contribution < -0.4 is 5.32 Å². The Morgan fingerprint density at radius 1 is 1.19 bits per heavy atom. The molecule has 0 aliphatic carbocycles. The summed E-state index contributed by atoms with van der Waals surface area (Å²) in [5, 5.41) is 11.5. The van der Waals surface area contributed by atoms with Crippen LogP contribution in [0.5, 0.6) is 0 Å². The molecule has 0 radical (unpaired) electrons. The number of rotatable bonds is 4. The van der Waals surface area contributed by atoms with E-state index >= 15 is 0 Å². The fourth-order valence-electron chi connectivity index (χ4n) is 1.98. The largest absolute Gasteiger partial charge is 0.478 e. The molecule has 108 valence electrons. The van der Waals surface area contributed by atoms with Crippen molar-refractivity contribution in [1.82, 2.24) is 0 Å². The molecule has 2 N–H and O–H groups in total. The average molecular weight is 287 g/mol. The molecule has 5 heteroatoms. The molecule has 0 aromatic heterocycles. The SMILES string of the molecule is Cc1ccccc1CC(=O)Nc1ccc(F)cc1C(=O)O. The summed E-state index contributed by atoms with van der Waals surface area (Å²) < 4.78 is 13.1. The molecule has 0 bridgehead atoms. The molecule has 0 atom stereocenters. The van der Waals surface area contributed by atoms with Gasteiger partial charge in [0, 0.05) is 0 Å². The molecular formula is C16H14FNO3. The zero-order valence-corrected chi connectivity index (χ0v) is 11.4. The second kappa shape index (κ2) is 6.17. The van der Waals surface area contributed by atoms with Gasteiger partial charge in [-0.05, 0) is 36.2 Å². The van der Waals surface area contributed by atoms with Crippen molar-refractivity contribution in [2.75, 3.05) is 5.32 Å². The highest BCUT2D eigenvalue weighted by Gasteiger charge is 2.14. The van der Waals surface area contributed by atoms with E-state index in [-0.39, 0.29) is 23.6 Å². The lowest BCUT2D eigenvalue weighted by Gasteiger charge is -2.09. The van der Waals surface area contributed by atoms with Gasteiger partial charge in [0.1, 0.15) is 5.82 Å². The van der Waals surface area contributed by atoms with E-state index in [4.69, 9.17) is 5.11 Å². The molecule has 0 aliphatic rings. The number of hydrogen-bond donors (Lipinski definition) is 2. The number of benzene rings is 2. The molecule has 0 fully saturated rings. The van der Waals surface area contributed by atoms with E-state index < -0.39 is 11.8 Å². The number of hydrogen-bond acceptors (Lipinski definition) is 2. The number of halogens is 1. The number of carboxylic acid groups (broad SMARTS) is 1. The Balaban J connectivity index is 2.17. The Bertz CT molecular complexity index is 698. The molecule has 0 saturated carbocycles. The van der Waals surface area contributed by atoms with Crippen molar-refractivity contribution in [2.24, 2.45) is 0 Å². The van der Waals surface area contributed by atoms with Gasteiger partial charge in [0.2, 0.25) is 5.91 Å². The van der Waals surface area contributed by atoms with Crippen molar-refractivity contribution in [2.45, 2.75) is 13.3 Å². The third-order valence-corrected chi connectivity index (χ3v) is 3.10. The van der Waals surface area contributed by atoms with E-state index in [1.165, 1.54) is 6.07 Å². The van der Waals surface area contributed by atoms with E-state index in [1.807, 2.05) is 31.2 Å². The molecule has 2 aromatic carbocycles. The molecular weight excluding hydrogens is 273 g/mol. The van der Waals surface area contributed by atoms with Gasteiger partial charge in [-0.3, -0.25) is 4.79 Å². The van der Waals surface area contributed by atoms with Crippen LogP contribution in [0.1, 0.15) is 21.5 Å². The predicted octanol–water partition coefficient (Wildman–Crippen LogP) is 3.01. The first-order valence-electron chi connectivity index (χ1n) is 6.34. The fourth-order valence-corrected chi connectivity index (χ4v) is 1.98. The second-order valence-corrected chi connectivity index (χ2v) is 4.65. The van der Waals surface area contributed by atoms with E-state index in [1.54, 1.807) is 0 Å². The summed E-state index contributed by atoms with van der Waals surface area (Å²) in [5.41, 5.74) is 1.65. The number of nitrogens with one attached hydrogen (secondary N) is 1. The minimum absolute atomic E-state index is 0.0856. The highest BCUT2D eigenvalue weighted by atomic mass is 19.1. The molecule has 21 heavy (non-hydrogen) atoms. The number of carbonyl (C=O) groups is 2. The molecule has 2 rings (SSSR count). The Labute approximate surface area is 121 Å². The zero-order valence-electron chi connectivity index (χ0n) is 11.4. The van der Waals surface area contributed by atoms with Gasteiger partial charge in [-0.15, -0.1) is 0 Å². The van der Waals surface area contributed by atoms with Crippen LogP contribution in [0.3, 0.4) is 0 Å². The normalized spacial score (nSPS) is 10.2. The molecule has 0 unspecified atom stereocenters. The Hall–Kier alpha value is -2.69. The topological polar surface area (TPSA) is 66.4 Å². The van der Waals surface area contributed by atoms with Gasteiger partial charge in [0.05, 0.1) is 17.7 Å². The summed E-state index contributed by atoms with van der Waals surface area (Å²) in [6.45, 7) is 1.89. The van der Waals surface area contributed by atoms with Crippen LogP contribution in [0, 0.1) is 12.7 Å². The van der Waals surface area contributed by atoms with E-state index in [0.29, 0.717) is 0 Å². The third-order valence-electron chi connectivity index (χ3n) is 3.10. The summed E-state index contributed by atoms with van der Waals surface area (Å²) in [7, 11) is 0. The van der Waals surface area contributed by atoms with Crippen molar-refractivity contribution in [3.8, 4) is 0 Å². The van der Waals surface area contributed by atoms with Crippen LogP contribution in [-0.2, 0) is 11.2 Å². The lowest BCUT2D eigenvalue weighted by molar-refractivity contribution is -0.115. The third kappa shape index (κ3) is 3.66. The van der Waals surface area contributed by atoms with Crippen molar-refractivity contribution < 1.29 is 19.1 Å². The maximum atomic E-state index is 13.1. The van der Waals surface area contributed by atoms with Crippen LogP contribution in [0.25, 0.3) is 0 Å². The van der Waals surface area contributed by atoms with Crippen LogP contribution in [0.4, 0.5) is 10.1 Å². The average Bonchev–Trinajstić information content (AvgIpc) is 2.43. The minimum atomic E-state index is -1.29. The van der Waals surface area contributed by atoms with Crippen molar-refractivity contribution in [3.05, 3.63) is 65.0 Å². The molecule has 2 aromatic rings. The van der Waals surface area contributed by atoms with Gasteiger partial charge in [0.25, 0.3) is 0 Å². The van der Waals surface area contributed by atoms with Crippen molar-refractivity contribution >= 4 is 17.6 Å². The first-order valence-corrected chi connectivity index (χ1v) is 6.34. The first kappa shape index (κ1) is 14.7. The summed E-state index contributed by atoms with van der Waals surface area (Å²) in [5.74, 6) is -2.30. The quantitative estimate of drug-likeness (QED) is 0.908. The van der Waals surface area contributed by atoms with Gasteiger partial charge in [0.15, 0.2) is 0 Å². The fraction of sp³-hybridized carbons (Fsp3) is 0.125. The van der Waals surface area contributed by atoms with Gasteiger partial charge in [-0.1, -0.05) is 24.3 Å². The van der Waals surface area contributed by atoms with Crippen molar-refractivity contribution in [1.29, 1.82) is 0 Å². The van der Waals surface area contributed by atoms with Crippen LogP contribution in [0.15, 0.2) is 42.5 Å². The number of anilines is 1. The number of carbonyl (C=O) groups excluding carboxylic acids is 1. The molecule has 0 heterocycles.